The average molecular weight is 332 g/mol. The standard InChI is InChI=1S/C24H28O/c1-3-5-7-19-9-13-21(14-10-19)23-17-18-24(25-23)22-15-11-20(12-16-22)8-6-4-2/h9-18H,3-8H2,1-2H3. The summed E-state index contributed by atoms with van der Waals surface area (Å²) in [7, 11) is 0. The molecule has 1 aromatic heterocycles. The zero-order valence-electron chi connectivity index (χ0n) is 15.4. The van der Waals surface area contributed by atoms with Crippen LogP contribution in [0.4, 0.5) is 0 Å². The first-order chi connectivity index (χ1) is 12.3. The maximum absolute atomic E-state index is 6.10. The maximum Gasteiger partial charge on any atom is 0.134 e. The number of hydrogen-bond donors (Lipinski definition) is 0. The molecule has 0 radical (unpaired) electrons. The van der Waals surface area contributed by atoms with Crippen molar-refractivity contribution in [2.24, 2.45) is 0 Å². The highest BCUT2D eigenvalue weighted by atomic mass is 16.3. The minimum atomic E-state index is 0.937. The highest BCUT2D eigenvalue weighted by molar-refractivity contribution is 5.65. The fourth-order valence-electron chi connectivity index (χ4n) is 3.08. The second-order valence-corrected chi connectivity index (χ2v) is 6.76. The maximum atomic E-state index is 6.10. The smallest absolute Gasteiger partial charge is 0.134 e. The fourth-order valence-corrected chi connectivity index (χ4v) is 3.08. The molecule has 1 heterocycles. The fraction of sp³-hybridized carbons (Fsp3) is 0.333. The van der Waals surface area contributed by atoms with Crippen molar-refractivity contribution in [1.82, 2.24) is 0 Å². The van der Waals surface area contributed by atoms with Crippen LogP contribution < -0.4 is 0 Å². The van der Waals surface area contributed by atoms with Gasteiger partial charge in [-0.3, -0.25) is 0 Å². The zero-order chi connectivity index (χ0) is 17.5. The van der Waals surface area contributed by atoms with Crippen LogP contribution >= 0.6 is 0 Å². The van der Waals surface area contributed by atoms with Gasteiger partial charge >= 0.3 is 0 Å². The molecule has 25 heavy (non-hydrogen) atoms. The molecule has 0 aliphatic rings. The van der Waals surface area contributed by atoms with Crippen molar-refractivity contribution in [2.75, 3.05) is 0 Å². The topological polar surface area (TPSA) is 13.1 Å². The summed E-state index contributed by atoms with van der Waals surface area (Å²) in [5, 5.41) is 0. The van der Waals surface area contributed by atoms with Crippen molar-refractivity contribution in [3.8, 4) is 22.6 Å². The van der Waals surface area contributed by atoms with Crippen molar-refractivity contribution in [2.45, 2.75) is 52.4 Å². The third kappa shape index (κ3) is 4.63. The predicted molar refractivity (Wildman–Crippen MR) is 107 cm³/mol. The van der Waals surface area contributed by atoms with Gasteiger partial charge in [0.15, 0.2) is 0 Å². The molecule has 0 aliphatic heterocycles. The van der Waals surface area contributed by atoms with Crippen LogP contribution in [0.5, 0.6) is 0 Å². The molecule has 2 aromatic carbocycles. The summed E-state index contributed by atoms with van der Waals surface area (Å²) in [6.07, 6.45) is 7.28. The second-order valence-electron chi connectivity index (χ2n) is 6.76. The summed E-state index contributed by atoms with van der Waals surface area (Å²) in [6, 6.07) is 21.7. The minimum absolute atomic E-state index is 0.937. The van der Waals surface area contributed by atoms with Gasteiger partial charge in [-0.2, -0.15) is 0 Å². The lowest BCUT2D eigenvalue weighted by atomic mass is 10.1. The van der Waals surface area contributed by atoms with Crippen molar-refractivity contribution in [3.63, 3.8) is 0 Å². The van der Waals surface area contributed by atoms with Gasteiger partial charge in [0.1, 0.15) is 11.5 Å². The van der Waals surface area contributed by atoms with Crippen molar-refractivity contribution in [1.29, 1.82) is 0 Å². The molecular weight excluding hydrogens is 304 g/mol. The molecule has 0 saturated heterocycles. The van der Waals surface area contributed by atoms with Crippen LogP contribution in [0.1, 0.15) is 50.7 Å². The van der Waals surface area contributed by atoms with Crippen molar-refractivity contribution >= 4 is 0 Å². The molecule has 0 aliphatic carbocycles. The Balaban J connectivity index is 1.71. The molecule has 3 aromatic rings. The van der Waals surface area contributed by atoms with Gasteiger partial charge in [-0.1, -0.05) is 75.2 Å². The van der Waals surface area contributed by atoms with E-state index in [1.54, 1.807) is 0 Å². The van der Waals surface area contributed by atoms with E-state index in [-0.39, 0.29) is 0 Å². The SMILES string of the molecule is CCCCc1ccc(-c2ccc(-c3ccc(CCCC)cc3)o2)cc1. The van der Waals surface area contributed by atoms with Crippen LogP contribution in [0.15, 0.2) is 65.1 Å². The first-order valence-corrected chi connectivity index (χ1v) is 9.58. The first kappa shape index (κ1) is 17.5. The van der Waals surface area contributed by atoms with Gasteiger partial charge in [-0.05, 0) is 48.9 Å². The molecular formula is C24H28O. The second kappa shape index (κ2) is 8.71. The molecule has 0 atom stereocenters. The van der Waals surface area contributed by atoms with E-state index in [0.29, 0.717) is 0 Å². The highest BCUT2D eigenvalue weighted by Gasteiger charge is 2.07. The summed E-state index contributed by atoms with van der Waals surface area (Å²) in [6.45, 7) is 4.46. The Morgan fingerprint density at radius 3 is 1.32 bits per heavy atom. The van der Waals surface area contributed by atoms with Crippen LogP contribution in [0, 0.1) is 0 Å². The van der Waals surface area contributed by atoms with Crippen LogP contribution in [-0.4, -0.2) is 0 Å². The summed E-state index contributed by atoms with van der Waals surface area (Å²) < 4.78 is 6.10. The predicted octanol–water partition coefficient (Wildman–Crippen LogP) is 7.30. The van der Waals surface area contributed by atoms with Gasteiger partial charge in [-0.25, -0.2) is 0 Å². The van der Waals surface area contributed by atoms with Gasteiger partial charge in [0.25, 0.3) is 0 Å². The van der Waals surface area contributed by atoms with Gasteiger partial charge in [0, 0.05) is 11.1 Å². The summed E-state index contributed by atoms with van der Waals surface area (Å²) >= 11 is 0. The summed E-state index contributed by atoms with van der Waals surface area (Å²) in [4.78, 5) is 0. The molecule has 0 unspecified atom stereocenters. The van der Waals surface area contributed by atoms with Crippen LogP contribution in [-0.2, 0) is 12.8 Å². The van der Waals surface area contributed by atoms with Crippen molar-refractivity contribution in [3.05, 3.63) is 71.8 Å². The van der Waals surface area contributed by atoms with E-state index in [0.717, 1.165) is 35.5 Å². The Bertz CT molecular complexity index is 697. The Kier molecular flexibility index (Phi) is 6.11. The normalized spacial score (nSPS) is 11.0. The highest BCUT2D eigenvalue weighted by Crippen LogP contribution is 2.29. The van der Waals surface area contributed by atoms with Crippen molar-refractivity contribution < 1.29 is 4.42 Å². The molecule has 0 bridgehead atoms. The third-order valence-electron chi connectivity index (χ3n) is 4.72. The first-order valence-electron chi connectivity index (χ1n) is 9.58. The van der Waals surface area contributed by atoms with Gasteiger partial charge in [-0.15, -0.1) is 0 Å². The lowest BCUT2D eigenvalue weighted by Gasteiger charge is -2.03. The minimum Gasteiger partial charge on any atom is -0.456 e. The zero-order valence-corrected chi connectivity index (χ0v) is 15.4. The number of unbranched alkanes of at least 4 members (excludes halogenated alkanes) is 2. The lowest BCUT2D eigenvalue weighted by molar-refractivity contribution is 0.597. The van der Waals surface area contributed by atoms with E-state index in [1.165, 1.54) is 36.8 Å². The molecule has 0 fully saturated rings. The Hall–Kier alpha value is -2.28. The Morgan fingerprint density at radius 1 is 0.560 bits per heavy atom. The summed E-state index contributed by atoms with van der Waals surface area (Å²) in [5.74, 6) is 1.87. The number of benzene rings is 2. The number of rotatable bonds is 8. The summed E-state index contributed by atoms with van der Waals surface area (Å²) in [5.41, 5.74) is 5.09. The molecule has 3 rings (SSSR count). The molecule has 1 heteroatoms. The number of aryl methyl sites for hydroxylation is 2. The Morgan fingerprint density at radius 2 is 0.960 bits per heavy atom. The quantitative estimate of drug-likeness (QED) is 0.422. The van der Waals surface area contributed by atoms with Crippen LogP contribution in [0.2, 0.25) is 0 Å². The molecule has 1 nitrogen and oxygen atoms in total. The van der Waals surface area contributed by atoms with E-state index >= 15 is 0 Å². The van der Waals surface area contributed by atoms with Gasteiger partial charge in [0.2, 0.25) is 0 Å². The lowest BCUT2D eigenvalue weighted by Crippen LogP contribution is -1.84. The van der Waals surface area contributed by atoms with E-state index in [9.17, 15) is 0 Å². The van der Waals surface area contributed by atoms with Gasteiger partial charge < -0.3 is 4.42 Å². The van der Waals surface area contributed by atoms with E-state index < -0.39 is 0 Å². The van der Waals surface area contributed by atoms with Crippen LogP contribution in [0.3, 0.4) is 0 Å². The van der Waals surface area contributed by atoms with Gasteiger partial charge in [0.05, 0.1) is 0 Å². The Labute approximate surface area is 151 Å². The molecule has 0 spiro atoms. The van der Waals surface area contributed by atoms with E-state index in [1.807, 2.05) is 0 Å². The largest absolute Gasteiger partial charge is 0.456 e. The van der Waals surface area contributed by atoms with Crippen LogP contribution in [0.25, 0.3) is 22.6 Å². The molecule has 0 N–H and O–H groups in total. The number of furan rings is 1. The molecule has 0 amide bonds. The monoisotopic (exact) mass is 332 g/mol. The molecule has 0 saturated carbocycles. The van der Waals surface area contributed by atoms with E-state index in [4.69, 9.17) is 4.42 Å². The number of hydrogen-bond acceptors (Lipinski definition) is 1. The van der Waals surface area contributed by atoms with E-state index in [2.05, 4.69) is 74.5 Å². The molecule has 130 valence electrons. The third-order valence-corrected chi connectivity index (χ3v) is 4.72. The average Bonchev–Trinajstić information content (AvgIpc) is 3.15.